The molecular weight excluding hydrogens is 400 g/mol. The maximum Gasteiger partial charge on any atom is 0.213 e. The van der Waals surface area contributed by atoms with Crippen LogP contribution < -0.4 is 20.3 Å². The van der Waals surface area contributed by atoms with Gasteiger partial charge in [-0.1, -0.05) is 19.9 Å². The van der Waals surface area contributed by atoms with Crippen LogP contribution in [-0.4, -0.2) is 48.2 Å². The highest BCUT2D eigenvalue weighted by Gasteiger charge is 2.21. The lowest BCUT2D eigenvalue weighted by molar-refractivity contribution is 0.185. The molecule has 1 unspecified atom stereocenters. The van der Waals surface area contributed by atoms with E-state index in [9.17, 15) is 0 Å². The van der Waals surface area contributed by atoms with Crippen molar-refractivity contribution in [3.05, 3.63) is 47.8 Å². The minimum absolute atomic E-state index is 0.154. The van der Waals surface area contributed by atoms with E-state index in [1.807, 2.05) is 25.4 Å². The van der Waals surface area contributed by atoms with E-state index >= 15 is 0 Å². The monoisotopic (exact) mass is 438 g/mol. The topological polar surface area (TPSA) is 74.7 Å². The number of pyridine rings is 2. The number of nitrogens with one attached hydrogen (secondary N) is 2. The summed E-state index contributed by atoms with van der Waals surface area (Å²) in [7, 11) is 1.81. The lowest BCUT2D eigenvalue weighted by Crippen LogP contribution is -2.48. The highest BCUT2D eigenvalue weighted by atomic mass is 16.5. The summed E-state index contributed by atoms with van der Waals surface area (Å²) in [6.07, 6.45) is 7.01. The average Bonchev–Trinajstić information content (AvgIpc) is 2.77. The molecule has 2 N–H and O–H groups in total. The van der Waals surface area contributed by atoms with Crippen LogP contribution >= 0.6 is 0 Å². The predicted octanol–water partition coefficient (Wildman–Crippen LogP) is 3.93. The van der Waals surface area contributed by atoms with Gasteiger partial charge in [0.25, 0.3) is 0 Å². The summed E-state index contributed by atoms with van der Waals surface area (Å²) < 4.78 is 5.98. The Hall–Kier alpha value is -2.83. The van der Waals surface area contributed by atoms with Crippen molar-refractivity contribution in [2.45, 2.75) is 65.6 Å². The standard InChI is InChI=1S/C25H38N6O/c1-18(2)14-20(4)32-24-15-21(8-11-27-24)17-29-25(26-5)30-22-9-12-31(13-10-22)23-7-6-19(3)16-28-23/h6-8,11,15-16,18,20,22H,9-10,12-14,17H2,1-5H3,(H2,26,29,30). The minimum atomic E-state index is 0.154. The van der Waals surface area contributed by atoms with Gasteiger partial charge in [-0.2, -0.15) is 0 Å². The van der Waals surface area contributed by atoms with Gasteiger partial charge < -0.3 is 20.3 Å². The molecule has 1 saturated heterocycles. The first-order valence-corrected chi connectivity index (χ1v) is 11.7. The number of hydrogen-bond acceptors (Lipinski definition) is 5. The van der Waals surface area contributed by atoms with E-state index in [1.54, 1.807) is 6.20 Å². The molecule has 174 valence electrons. The summed E-state index contributed by atoms with van der Waals surface area (Å²) >= 11 is 0. The predicted molar refractivity (Wildman–Crippen MR) is 131 cm³/mol. The SMILES string of the molecule is CN=C(NCc1ccnc(OC(C)CC(C)C)c1)NC1CCN(c2ccc(C)cn2)CC1. The smallest absolute Gasteiger partial charge is 0.213 e. The van der Waals surface area contributed by atoms with E-state index in [2.05, 4.69) is 70.3 Å². The summed E-state index contributed by atoms with van der Waals surface area (Å²) in [5.41, 5.74) is 2.31. The fraction of sp³-hybridized carbons (Fsp3) is 0.560. The molecule has 7 nitrogen and oxygen atoms in total. The molecule has 0 spiro atoms. The van der Waals surface area contributed by atoms with Crippen molar-refractivity contribution in [1.82, 2.24) is 20.6 Å². The second kappa shape index (κ2) is 11.7. The van der Waals surface area contributed by atoms with Gasteiger partial charge in [-0.25, -0.2) is 9.97 Å². The second-order valence-corrected chi connectivity index (χ2v) is 9.09. The van der Waals surface area contributed by atoms with Crippen LogP contribution in [0.1, 0.15) is 51.2 Å². The van der Waals surface area contributed by atoms with Crippen molar-refractivity contribution in [2.24, 2.45) is 10.9 Å². The molecule has 2 aromatic heterocycles. The fourth-order valence-corrected chi connectivity index (χ4v) is 4.02. The molecule has 0 radical (unpaired) electrons. The Labute approximate surface area is 192 Å². The Balaban J connectivity index is 1.45. The van der Waals surface area contributed by atoms with E-state index in [0.29, 0.717) is 24.4 Å². The van der Waals surface area contributed by atoms with Crippen LogP contribution in [0.2, 0.25) is 0 Å². The van der Waals surface area contributed by atoms with Gasteiger partial charge >= 0.3 is 0 Å². The first-order valence-electron chi connectivity index (χ1n) is 11.7. The number of rotatable bonds is 8. The molecule has 3 rings (SSSR count). The molecule has 2 aromatic rings. The Morgan fingerprint density at radius 3 is 2.62 bits per heavy atom. The van der Waals surface area contributed by atoms with E-state index < -0.39 is 0 Å². The molecule has 0 amide bonds. The van der Waals surface area contributed by atoms with Gasteiger partial charge in [-0.05, 0) is 62.3 Å². The van der Waals surface area contributed by atoms with Crippen molar-refractivity contribution in [2.75, 3.05) is 25.0 Å². The number of ether oxygens (including phenoxy) is 1. The van der Waals surface area contributed by atoms with Crippen molar-refractivity contribution in [1.29, 1.82) is 0 Å². The number of piperidine rings is 1. The largest absolute Gasteiger partial charge is 0.475 e. The zero-order valence-electron chi connectivity index (χ0n) is 20.1. The highest BCUT2D eigenvalue weighted by Crippen LogP contribution is 2.18. The first-order chi connectivity index (χ1) is 15.4. The van der Waals surface area contributed by atoms with E-state index in [0.717, 1.165) is 49.7 Å². The number of nitrogens with zero attached hydrogens (tertiary/aromatic N) is 4. The number of aliphatic imine (C=N–C) groups is 1. The summed E-state index contributed by atoms with van der Waals surface area (Å²) in [6.45, 7) is 11.2. The van der Waals surface area contributed by atoms with Crippen LogP contribution in [0.3, 0.4) is 0 Å². The van der Waals surface area contributed by atoms with Crippen LogP contribution in [0, 0.1) is 12.8 Å². The Kier molecular flexibility index (Phi) is 8.71. The molecule has 0 aromatic carbocycles. The van der Waals surface area contributed by atoms with Crippen molar-refractivity contribution in [3.63, 3.8) is 0 Å². The van der Waals surface area contributed by atoms with Crippen molar-refractivity contribution >= 4 is 11.8 Å². The molecule has 3 heterocycles. The van der Waals surface area contributed by atoms with Crippen LogP contribution in [0.5, 0.6) is 5.88 Å². The highest BCUT2D eigenvalue weighted by molar-refractivity contribution is 5.80. The maximum atomic E-state index is 5.98. The molecule has 32 heavy (non-hydrogen) atoms. The molecular formula is C25H38N6O. The van der Waals surface area contributed by atoms with E-state index in [4.69, 9.17) is 4.74 Å². The minimum Gasteiger partial charge on any atom is -0.475 e. The van der Waals surface area contributed by atoms with Crippen LogP contribution in [0.25, 0.3) is 0 Å². The van der Waals surface area contributed by atoms with Gasteiger partial charge in [-0.3, -0.25) is 4.99 Å². The molecule has 0 saturated carbocycles. The lowest BCUT2D eigenvalue weighted by Gasteiger charge is -2.33. The van der Waals surface area contributed by atoms with Crippen LogP contribution in [-0.2, 0) is 6.54 Å². The third-order valence-corrected chi connectivity index (χ3v) is 5.66. The van der Waals surface area contributed by atoms with Gasteiger partial charge in [0, 0.05) is 51.2 Å². The summed E-state index contributed by atoms with van der Waals surface area (Å²) in [4.78, 5) is 15.7. The van der Waals surface area contributed by atoms with Gasteiger partial charge in [0.05, 0.1) is 6.10 Å². The van der Waals surface area contributed by atoms with Gasteiger partial charge in [0.2, 0.25) is 5.88 Å². The first kappa shape index (κ1) is 23.8. The molecule has 1 fully saturated rings. The molecule has 7 heteroatoms. The number of anilines is 1. The second-order valence-electron chi connectivity index (χ2n) is 9.09. The molecule has 1 atom stereocenters. The Bertz CT molecular complexity index is 859. The molecule has 0 aliphatic carbocycles. The summed E-state index contributed by atoms with van der Waals surface area (Å²) in [6, 6.07) is 8.65. The van der Waals surface area contributed by atoms with Crippen molar-refractivity contribution < 1.29 is 4.74 Å². The van der Waals surface area contributed by atoms with E-state index in [-0.39, 0.29) is 6.10 Å². The normalized spacial score (nSPS) is 16.2. The van der Waals surface area contributed by atoms with Gasteiger partial charge in [0.1, 0.15) is 5.82 Å². The van der Waals surface area contributed by atoms with Crippen LogP contribution in [0.4, 0.5) is 5.82 Å². The number of guanidine groups is 1. The van der Waals surface area contributed by atoms with Gasteiger partial charge in [-0.15, -0.1) is 0 Å². The number of hydrogen-bond donors (Lipinski definition) is 2. The molecule has 1 aliphatic rings. The third kappa shape index (κ3) is 7.39. The Morgan fingerprint density at radius 2 is 1.97 bits per heavy atom. The zero-order valence-corrected chi connectivity index (χ0v) is 20.1. The fourth-order valence-electron chi connectivity index (χ4n) is 4.02. The zero-order chi connectivity index (χ0) is 22.9. The molecule has 1 aliphatic heterocycles. The Morgan fingerprint density at radius 1 is 1.19 bits per heavy atom. The summed E-state index contributed by atoms with van der Waals surface area (Å²) in [5, 5.41) is 6.99. The third-order valence-electron chi connectivity index (χ3n) is 5.66. The summed E-state index contributed by atoms with van der Waals surface area (Å²) in [5.74, 6) is 3.17. The lowest BCUT2D eigenvalue weighted by atomic mass is 10.1. The number of aryl methyl sites for hydroxylation is 1. The maximum absolute atomic E-state index is 5.98. The number of aromatic nitrogens is 2. The molecule has 0 bridgehead atoms. The average molecular weight is 439 g/mol. The van der Waals surface area contributed by atoms with Gasteiger partial charge in [0.15, 0.2) is 5.96 Å². The quantitative estimate of drug-likeness (QED) is 0.480. The van der Waals surface area contributed by atoms with Crippen LogP contribution in [0.15, 0.2) is 41.7 Å². The van der Waals surface area contributed by atoms with Crippen molar-refractivity contribution in [3.8, 4) is 5.88 Å². The van der Waals surface area contributed by atoms with E-state index in [1.165, 1.54) is 5.56 Å².